The molecule has 1 aromatic heterocycles. The smallest absolute Gasteiger partial charge is 0.261 e. The molecule has 2 N–H and O–H groups in total. The normalized spacial score (nSPS) is 10.9. The van der Waals surface area contributed by atoms with Crippen molar-refractivity contribution in [2.24, 2.45) is 0 Å². The number of nitrogens with zero attached hydrogens (tertiary/aromatic N) is 1. The van der Waals surface area contributed by atoms with Gasteiger partial charge in [-0.1, -0.05) is 17.7 Å². The van der Waals surface area contributed by atoms with Gasteiger partial charge >= 0.3 is 0 Å². The molecule has 0 spiro atoms. The van der Waals surface area contributed by atoms with Gasteiger partial charge in [-0.05, 0) is 54.1 Å². The Morgan fingerprint density at radius 3 is 2.55 bits per heavy atom. The van der Waals surface area contributed by atoms with Crippen molar-refractivity contribution in [1.29, 1.82) is 0 Å². The summed E-state index contributed by atoms with van der Waals surface area (Å²) in [5.74, 6) is 0.455. The van der Waals surface area contributed by atoms with Gasteiger partial charge in [0.25, 0.3) is 15.9 Å². The molecule has 0 fully saturated rings. The highest BCUT2D eigenvalue weighted by Crippen LogP contribution is 2.28. The molecule has 0 radical (unpaired) electrons. The zero-order valence-electron chi connectivity index (χ0n) is 16.5. The highest BCUT2D eigenvalue weighted by Gasteiger charge is 2.17. The molecule has 0 atom stereocenters. The molecule has 2 aromatic carbocycles. The second kappa shape index (κ2) is 10.1. The molecule has 0 unspecified atom stereocenters. The fourth-order valence-corrected chi connectivity index (χ4v) is 3.92. The summed E-state index contributed by atoms with van der Waals surface area (Å²) in [5, 5.41) is 2.77. The van der Waals surface area contributed by atoms with Crippen molar-refractivity contribution < 1.29 is 22.7 Å². The second-order valence-electron chi connectivity index (χ2n) is 6.35. The molecule has 31 heavy (non-hydrogen) atoms. The zero-order valence-corrected chi connectivity index (χ0v) is 18.1. The van der Waals surface area contributed by atoms with Crippen molar-refractivity contribution in [3.05, 3.63) is 77.6 Å². The van der Waals surface area contributed by atoms with Crippen LogP contribution in [0, 0.1) is 0 Å². The standard InChI is InChI=1S/C21H20ClN3O5S/c1-29-17-6-4-16(5-7-17)25-31(27,28)18-8-9-20(19(22)11-18)30-14-21(26)24-13-15-3-2-10-23-12-15/h2-12,25H,13-14H2,1H3,(H,24,26). The Morgan fingerprint density at radius 2 is 1.90 bits per heavy atom. The summed E-state index contributed by atoms with van der Waals surface area (Å²) in [6, 6.07) is 14.1. The van der Waals surface area contributed by atoms with Crippen molar-refractivity contribution in [2.75, 3.05) is 18.4 Å². The van der Waals surface area contributed by atoms with Crippen molar-refractivity contribution in [3.8, 4) is 11.5 Å². The number of sulfonamides is 1. The lowest BCUT2D eigenvalue weighted by Gasteiger charge is -2.12. The maximum atomic E-state index is 12.6. The van der Waals surface area contributed by atoms with E-state index in [-0.39, 0.29) is 28.2 Å². The molecule has 3 aromatic rings. The summed E-state index contributed by atoms with van der Waals surface area (Å²) in [7, 11) is -2.34. The Balaban J connectivity index is 1.58. The van der Waals surface area contributed by atoms with E-state index >= 15 is 0 Å². The average Bonchev–Trinajstić information content (AvgIpc) is 2.77. The topological polar surface area (TPSA) is 107 Å². The van der Waals surface area contributed by atoms with Crippen LogP contribution >= 0.6 is 11.6 Å². The Morgan fingerprint density at radius 1 is 1.13 bits per heavy atom. The monoisotopic (exact) mass is 461 g/mol. The molecule has 0 aliphatic heterocycles. The Kier molecular flexibility index (Phi) is 7.32. The van der Waals surface area contributed by atoms with Crippen LogP contribution in [0.2, 0.25) is 5.02 Å². The van der Waals surface area contributed by atoms with Gasteiger partial charge in [-0.3, -0.25) is 14.5 Å². The first kappa shape index (κ1) is 22.4. The summed E-state index contributed by atoms with van der Waals surface area (Å²) in [4.78, 5) is 15.9. The van der Waals surface area contributed by atoms with E-state index in [1.54, 1.807) is 42.7 Å². The molecule has 0 saturated carbocycles. The number of carbonyl (C=O) groups is 1. The van der Waals surface area contributed by atoms with E-state index < -0.39 is 10.0 Å². The lowest BCUT2D eigenvalue weighted by Crippen LogP contribution is -2.28. The van der Waals surface area contributed by atoms with E-state index in [0.717, 1.165) is 5.56 Å². The number of nitrogens with one attached hydrogen (secondary N) is 2. The third-order valence-electron chi connectivity index (χ3n) is 4.13. The lowest BCUT2D eigenvalue weighted by atomic mass is 10.3. The van der Waals surface area contributed by atoms with E-state index in [2.05, 4.69) is 15.0 Å². The fourth-order valence-electron chi connectivity index (χ4n) is 2.54. The van der Waals surface area contributed by atoms with Crippen molar-refractivity contribution in [1.82, 2.24) is 10.3 Å². The van der Waals surface area contributed by atoms with E-state index in [0.29, 0.717) is 18.0 Å². The van der Waals surface area contributed by atoms with E-state index in [9.17, 15) is 13.2 Å². The molecule has 10 heteroatoms. The number of rotatable bonds is 9. The summed E-state index contributed by atoms with van der Waals surface area (Å²) in [6.07, 6.45) is 3.30. The molecule has 0 aliphatic rings. The first-order valence-corrected chi connectivity index (χ1v) is 11.0. The van der Waals surface area contributed by atoms with Crippen LogP contribution in [0.3, 0.4) is 0 Å². The van der Waals surface area contributed by atoms with Crippen LogP contribution in [0.4, 0.5) is 5.69 Å². The SMILES string of the molecule is COc1ccc(NS(=O)(=O)c2ccc(OCC(=O)NCc3cccnc3)c(Cl)c2)cc1. The minimum Gasteiger partial charge on any atom is -0.497 e. The summed E-state index contributed by atoms with van der Waals surface area (Å²) in [6.45, 7) is 0.0498. The molecular weight excluding hydrogens is 442 g/mol. The quantitative estimate of drug-likeness (QED) is 0.506. The van der Waals surface area contributed by atoms with Gasteiger partial charge in [-0.25, -0.2) is 8.42 Å². The Labute approximate surface area is 185 Å². The largest absolute Gasteiger partial charge is 0.497 e. The van der Waals surface area contributed by atoms with Crippen LogP contribution < -0.4 is 19.5 Å². The molecule has 1 amide bonds. The van der Waals surface area contributed by atoms with Crippen LogP contribution in [0.25, 0.3) is 0 Å². The highest BCUT2D eigenvalue weighted by molar-refractivity contribution is 7.92. The van der Waals surface area contributed by atoms with Gasteiger partial charge in [0, 0.05) is 24.6 Å². The van der Waals surface area contributed by atoms with Gasteiger partial charge in [0.1, 0.15) is 11.5 Å². The fraction of sp³-hybridized carbons (Fsp3) is 0.143. The minimum atomic E-state index is -3.86. The highest BCUT2D eigenvalue weighted by atomic mass is 35.5. The van der Waals surface area contributed by atoms with Crippen LogP contribution in [0.15, 0.2) is 71.9 Å². The van der Waals surface area contributed by atoms with Crippen LogP contribution in [-0.2, 0) is 21.4 Å². The van der Waals surface area contributed by atoms with Crippen molar-refractivity contribution in [2.45, 2.75) is 11.4 Å². The van der Waals surface area contributed by atoms with E-state index in [4.69, 9.17) is 21.1 Å². The number of benzene rings is 2. The molecule has 1 heterocycles. The van der Waals surface area contributed by atoms with Crippen LogP contribution in [0.5, 0.6) is 11.5 Å². The van der Waals surface area contributed by atoms with Gasteiger partial charge in [0.05, 0.1) is 17.0 Å². The number of amides is 1. The summed E-state index contributed by atoms with van der Waals surface area (Å²) >= 11 is 6.16. The Hall–Kier alpha value is -3.30. The third-order valence-corrected chi connectivity index (χ3v) is 5.80. The van der Waals surface area contributed by atoms with Gasteiger partial charge in [0.15, 0.2) is 6.61 Å². The molecule has 8 nitrogen and oxygen atoms in total. The third kappa shape index (κ3) is 6.34. The first-order chi connectivity index (χ1) is 14.9. The van der Waals surface area contributed by atoms with Crippen molar-refractivity contribution in [3.63, 3.8) is 0 Å². The molecule has 0 aliphatic carbocycles. The zero-order chi connectivity index (χ0) is 22.3. The number of hydrogen-bond donors (Lipinski definition) is 2. The van der Waals surface area contributed by atoms with Crippen molar-refractivity contribution >= 4 is 33.2 Å². The maximum absolute atomic E-state index is 12.6. The Bertz CT molecular complexity index is 1140. The lowest BCUT2D eigenvalue weighted by molar-refractivity contribution is -0.123. The van der Waals surface area contributed by atoms with Gasteiger partial charge in [-0.15, -0.1) is 0 Å². The molecule has 0 bridgehead atoms. The minimum absolute atomic E-state index is 0.0401. The molecule has 0 saturated heterocycles. The second-order valence-corrected chi connectivity index (χ2v) is 8.44. The number of anilines is 1. The van der Waals surface area contributed by atoms with Gasteiger partial charge in [0.2, 0.25) is 0 Å². The number of aromatic nitrogens is 1. The van der Waals surface area contributed by atoms with Gasteiger partial charge in [-0.2, -0.15) is 0 Å². The van der Waals surface area contributed by atoms with E-state index in [1.165, 1.54) is 25.3 Å². The summed E-state index contributed by atoms with van der Waals surface area (Å²) < 4.78 is 38.1. The molecule has 3 rings (SSSR count). The number of halogens is 1. The average molecular weight is 462 g/mol. The first-order valence-electron chi connectivity index (χ1n) is 9.12. The van der Waals surface area contributed by atoms with Crippen LogP contribution in [-0.4, -0.2) is 33.0 Å². The number of carbonyl (C=O) groups excluding carboxylic acids is 1. The number of pyridine rings is 1. The predicted octanol–water partition coefficient (Wildman–Crippen LogP) is 3.24. The maximum Gasteiger partial charge on any atom is 0.261 e. The number of methoxy groups -OCH3 is 1. The molecular formula is C21H20ClN3O5S. The van der Waals surface area contributed by atoms with Gasteiger partial charge < -0.3 is 14.8 Å². The molecule has 162 valence electrons. The predicted molar refractivity (Wildman–Crippen MR) is 117 cm³/mol. The summed E-state index contributed by atoms with van der Waals surface area (Å²) in [5.41, 5.74) is 1.23. The number of ether oxygens (including phenoxy) is 2. The number of hydrogen-bond acceptors (Lipinski definition) is 6. The van der Waals surface area contributed by atoms with E-state index in [1.807, 2.05) is 6.07 Å². The van der Waals surface area contributed by atoms with Crippen LogP contribution in [0.1, 0.15) is 5.56 Å².